The molecule has 1 unspecified atom stereocenters. The first-order chi connectivity index (χ1) is 9.08. The van der Waals surface area contributed by atoms with E-state index < -0.39 is 0 Å². The highest BCUT2D eigenvalue weighted by atomic mass is 16.5. The predicted octanol–water partition coefficient (Wildman–Crippen LogP) is 3.09. The van der Waals surface area contributed by atoms with E-state index in [4.69, 9.17) is 14.2 Å². The summed E-state index contributed by atoms with van der Waals surface area (Å²) in [6.45, 7) is 6.79. The van der Waals surface area contributed by atoms with Crippen molar-refractivity contribution in [1.82, 2.24) is 0 Å². The lowest BCUT2D eigenvalue weighted by Crippen LogP contribution is -2.12. The van der Waals surface area contributed by atoms with Crippen LogP contribution in [0.4, 0.5) is 0 Å². The molecule has 1 atom stereocenters. The van der Waals surface area contributed by atoms with Crippen LogP contribution in [0.5, 0.6) is 11.5 Å². The maximum absolute atomic E-state index is 11.4. The summed E-state index contributed by atoms with van der Waals surface area (Å²) in [6, 6.07) is 5.25. The second-order valence-electron chi connectivity index (χ2n) is 4.32. The van der Waals surface area contributed by atoms with E-state index in [1.165, 1.54) is 6.92 Å². The molecule has 0 saturated heterocycles. The third-order valence-corrected chi connectivity index (χ3v) is 2.80. The lowest BCUT2D eigenvalue weighted by molar-refractivity contribution is 0.0596. The van der Waals surface area contributed by atoms with Crippen molar-refractivity contribution < 1.29 is 19.0 Å². The van der Waals surface area contributed by atoms with E-state index in [1.54, 1.807) is 25.3 Å². The molecule has 0 saturated carbocycles. The minimum absolute atomic E-state index is 0.0200. The number of benzene rings is 1. The summed E-state index contributed by atoms with van der Waals surface area (Å²) in [5.41, 5.74) is 0.567. The van der Waals surface area contributed by atoms with E-state index >= 15 is 0 Å². The Morgan fingerprint density at radius 3 is 2.68 bits per heavy atom. The minimum Gasteiger partial charge on any atom is -0.496 e. The second-order valence-corrected chi connectivity index (χ2v) is 4.32. The molecule has 0 spiro atoms. The van der Waals surface area contributed by atoms with Gasteiger partial charge in [-0.05, 0) is 32.9 Å². The Bertz CT molecular complexity index is 415. The topological polar surface area (TPSA) is 44.8 Å². The van der Waals surface area contributed by atoms with Crippen molar-refractivity contribution in [2.45, 2.75) is 33.3 Å². The van der Waals surface area contributed by atoms with Gasteiger partial charge in [-0.25, -0.2) is 0 Å². The Morgan fingerprint density at radius 2 is 2.11 bits per heavy atom. The zero-order valence-electron chi connectivity index (χ0n) is 12.1. The van der Waals surface area contributed by atoms with Crippen molar-refractivity contribution in [2.75, 3.05) is 20.3 Å². The minimum atomic E-state index is -0.0200. The van der Waals surface area contributed by atoms with Crippen LogP contribution in [0, 0.1) is 0 Å². The first kappa shape index (κ1) is 15.5. The van der Waals surface area contributed by atoms with Gasteiger partial charge in [-0.2, -0.15) is 0 Å². The van der Waals surface area contributed by atoms with E-state index in [0.29, 0.717) is 30.3 Å². The zero-order chi connectivity index (χ0) is 14.3. The van der Waals surface area contributed by atoms with E-state index in [-0.39, 0.29) is 11.9 Å². The van der Waals surface area contributed by atoms with Gasteiger partial charge in [0.2, 0.25) is 0 Å². The second kappa shape index (κ2) is 7.79. The average Bonchev–Trinajstić information content (AvgIpc) is 2.38. The van der Waals surface area contributed by atoms with Gasteiger partial charge in [0.15, 0.2) is 5.78 Å². The van der Waals surface area contributed by atoms with Gasteiger partial charge in [-0.1, -0.05) is 0 Å². The molecule has 0 N–H and O–H groups in total. The Labute approximate surface area is 114 Å². The Balaban J connectivity index is 2.58. The summed E-state index contributed by atoms with van der Waals surface area (Å²) in [7, 11) is 1.54. The normalized spacial score (nSPS) is 12.0. The summed E-state index contributed by atoms with van der Waals surface area (Å²) in [5, 5.41) is 0. The molecule has 0 aliphatic heterocycles. The van der Waals surface area contributed by atoms with Crippen molar-refractivity contribution in [2.24, 2.45) is 0 Å². The number of hydrogen-bond acceptors (Lipinski definition) is 4. The van der Waals surface area contributed by atoms with Gasteiger partial charge >= 0.3 is 0 Å². The lowest BCUT2D eigenvalue weighted by Gasteiger charge is -2.13. The molecule has 0 radical (unpaired) electrons. The van der Waals surface area contributed by atoms with Gasteiger partial charge in [-0.15, -0.1) is 0 Å². The van der Waals surface area contributed by atoms with Gasteiger partial charge in [0.1, 0.15) is 11.5 Å². The van der Waals surface area contributed by atoms with Crippen molar-refractivity contribution in [1.29, 1.82) is 0 Å². The van der Waals surface area contributed by atoms with Crippen LogP contribution in [0.25, 0.3) is 0 Å². The predicted molar refractivity (Wildman–Crippen MR) is 74.2 cm³/mol. The van der Waals surface area contributed by atoms with Gasteiger partial charge in [-0.3, -0.25) is 4.79 Å². The summed E-state index contributed by atoms with van der Waals surface area (Å²) in [6.07, 6.45) is 1.01. The molecule has 1 rings (SSSR count). The van der Waals surface area contributed by atoms with Crippen LogP contribution in [0.1, 0.15) is 37.6 Å². The number of hydrogen-bond donors (Lipinski definition) is 0. The highest BCUT2D eigenvalue weighted by Gasteiger charge is 2.09. The highest BCUT2D eigenvalue weighted by Crippen LogP contribution is 2.25. The smallest absolute Gasteiger partial charge is 0.163 e. The fraction of sp³-hybridized carbons (Fsp3) is 0.533. The maximum atomic E-state index is 11.4. The molecule has 0 aliphatic rings. The largest absolute Gasteiger partial charge is 0.496 e. The number of carbonyl (C=O) groups excluding carboxylic acids is 1. The molecule has 0 aromatic heterocycles. The molecule has 0 aliphatic carbocycles. The summed E-state index contributed by atoms with van der Waals surface area (Å²) < 4.78 is 16.2. The van der Waals surface area contributed by atoms with Gasteiger partial charge in [0.25, 0.3) is 0 Å². The third kappa shape index (κ3) is 4.91. The molecule has 0 heterocycles. The van der Waals surface area contributed by atoms with Crippen LogP contribution < -0.4 is 9.47 Å². The summed E-state index contributed by atoms with van der Waals surface area (Å²) in [5.74, 6) is 1.22. The van der Waals surface area contributed by atoms with Crippen molar-refractivity contribution >= 4 is 5.78 Å². The monoisotopic (exact) mass is 266 g/mol. The number of ether oxygens (including phenoxy) is 3. The maximum Gasteiger partial charge on any atom is 0.163 e. The molecular weight excluding hydrogens is 244 g/mol. The SMILES string of the molecule is CCOC(C)CCOc1ccc(C(C)=O)c(OC)c1. The molecule has 19 heavy (non-hydrogen) atoms. The number of ketones is 1. The van der Waals surface area contributed by atoms with Crippen LogP contribution in [0.2, 0.25) is 0 Å². The molecule has 0 bridgehead atoms. The molecule has 1 aromatic carbocycles. The van der Waals surface area contributed by atoms with Crippen LogP contribution >= 0.6 is 0 Å². The van der Waals surface area contributed by atoms with Crippen LogP contribution in [-0.4, -0.2) is 32.2 Å². The molecule has 1 aromatic rings. The Hall–Kier alpha value is -1.55. The fourth-order valence-electron chi connectivity index (χ4n) is 1.76. The van der Waals surface area contributed by atoms with Gasteiger partial charge in [0.05, 0.1) is 25.4 Å². The molecule has 4 nitrogen and oxygen atoms in total. The number of methoxy groups -OCH3 is 1. The number of rotatable bonds is 8. The van der Waals surface area contributed by atoms with Crippen molar-refractivity contribution in [3.8, 4) is 11.5 Å². The molecule has 106 valence electrons. The van der Waals surface area contributed by atoms with E-state index in [9.17, 15) is 4.79 Å². The van der Waals surface area contributed by atoms with Gasteiger partial charge < -0.3 is 14.2 Å². The summed E-state index contributed by atoms with van der Waals surface area (Å²) >= 11 is 0. The fourth-order valence-corrected chi connectivity index (χ4v) is 1.76. The first-order valence-corrected chi connectivity index (χ1v) is 6.51. The highest BCUT2D eigenvalue weighted by molar-refractivity contribution is 5.97. The zero-order valence-corrected chi connectivity index (χ0v) is 12.1. The quantitative estimate of drug-likeness (QED) is 0.678. The Morgan fingerprint density at radius 1 is 1.37 bits per heavy atom. The number of carbonyl (C=O) groups is 1. The van der Waals surface area contributed by atoms with Crippen LogP contribution in [0.15, 0.2) is 18.2 Å². The van der Waals surface area contributed by atoms with Crippen molar-refractivity contribution in [3.05, 3.63) is 23.8 Å². The Kier molecular flexibility index (Phi) is 6.36. The van der Waals surface area contributed by atoms with E-state index in [0.717, 1.165) is 6.42 Å². The molecule has 0 amide bonds. The molecule has 0 fully saturated rings. The molecule has 4 heteroatoms. The number of Topliss-reactive ketones (excluding diaryl/α,β-unsaturated/α-hetero) is 1. The van der Waals surface area contributed by atoms with Crippen molar-refractivity contribution in [3.63, 3.8) is 0 Å². The first-order valence-electron chi connectivity index (χ1n) is 6.51. The van der Waals surface area contributed by atoms with E-state index in [1.807, 2.05) is 13.8 Å². The lowest BCUT2D eigenvalue weighted by atomic mass is 10.1. The summed E-state index contributed by atoms with van der Waals surface area (Å²) in [4.78, 5) is 11.4. The standard InChI is InChI=1S/C15H22O4/c1-5-18-11(2)8-9-19-13-6-7-14(12(3)16)15(10-13)17-4/h6-7,10-11H,5,8-9H2,1-4H3. The van der Waals surface area contributed by atoms with Gasteiger partial charge in [0, 0.05) is 19.1 Å². The average molecular weight is 266 g/mol. The van der Waals surface area contributed by atoms with Crippen LogP contribution in [0.3, 0.4) is 0 Å². The molecular formula is C15H22O4. The van der Waals surface area contributed by atoms with Crippen LogP contribution in [-0.2, 0) is 4.74 Å². The third-order valence-electron chi connectivity index (χ3n) is 2.80. The van der Waals surface area contributed by atoms with E-state index in [2.05, 4.69) is 0 Å².